The Kier molecular flexibility index (Phi) is 6.79. The molecule has 2 aliphatic carbocycles. The smallest absolute Gasteiger partial charge is 0.333 e. The molecular formula is C23H40O2. The number of fused-ring (bicyclic) bond motifs is 2. The van der Waals surface area contributed by atoms with Crippen molar-refractivity contribution in [2.45, 2.75) is 105 Å². The number of hydrogen-bond acceptors (Lipinski definition) is 2. The van der Waals surface area contributed by atoms with Gasteiger partial charge in [0.2, 0.25) is 0 Å². The molecule has 0 radical (unpaired) electrons. The lowest BCUT2D eigenvalue weighted by Crippen LogP contribution is -2.38. The van der Waals surface area contributed by atoms with Gasteiger partial charge in [0, 0.05) is 11.0 Å². The van der Waals surface area contributed by atoms with Crippen LogP contribution in [-0.2, 0) is 9.53 Å². The topological polar surface area (TPSA) is 26.3 Å². The van der Waals surface area contributed by atoms with Gasteiger partial charge in [-0.15, -0.1) is 0 Å². The molecular weight excluding hydrogens is 308 g/mol. The van der Waals surface area contributed by atoms with Gasteiger partial charge in [-0.2, -0.15) is 0 Å². The Morgan fingerprint density at radius 1 is 1.12 bits per heavy atom. The molecule has 0 N–H and O–H groups in total. The summed E-state index contributed by atoms with van der Waals surface area (Å²) in [6.45, 7) is 15.6. The quantitative estimate of drug-likeness (QED) is 0.250. The summed E-state index contributed by atoms with van der Waals surface area (Å²) in [5, 5.41) is 0. The zero-order chi connectivity index (χ0) is 18.7. The maximum atomic E-state index is 12.4. The predicted octanol–water partition coefficient (Wildman–Crippen LogP) is 6.69. The Bertz CT molecular complexity index is 476. The maximum Gasteiger partial charge on any atom is 0.333 e. The molecule has 25 heavy (non-hydrogen) atoms. The van der Waals surface area contributed by atoms with Crippen LogP contribution in [0.5, 0.6) is 0 Å². The Morgan fingerprint density at radius 2 is 1.76 bits per heavy atom. The first kappa shape index (κ1) is 20.5. The highest BCUT2D eigenvalue weighted by Crippen LogP contribution is 2.66. The van der Waals surface area contributed by atoms with Crippen LogP contribution in [0.3, 0.4) is 0 Å². The number of unbranched alkanes of at least 4 members (excludes halogenated alkanes) is 4. The van der Waals surface area contributed by atoms with E-state index in [9.17, 15) is 4.79 Å². The van der Waals surface area contributed by atoms with E-state index < -0.39 is 0 Å². The van der Waals surface area contributed by atoms with Crippen molar-refractivity contribution in [1.29, 1.82) is 0 Å². The van der Waals surface area contributed by atoms with E-state index in [0.717, 1.165) is 25.2 Å². The van der Waals surface area contributed by atoms with Gasteiger partial charge in [0.05, 0.1) is 0 Å². The Hall–Kier alpha value is -0.790. The van der Waals surface area contributed by atoms with E-state index in [2.05, 4.69) is 41.2 Å². The number of rotatable bonds is 10. The Morgan fingerprint density at radius 3 is 2.32 bits per heavy atom. The van der Waals surface area contributed by atoms with Gasteiger partial charge in [-0.3, -0.25) is 0 Å². The number of carbonyl (C=O) groups is 1. The third-order valence-electron chi connectivity index (χ3n) is 7.51. The minimum Gasteiger partial charge on any atom is -0.458 e. The molecule has 0 saturated heterocycles. The highest BCUT2D eigenvalue weighted by molar-refractivity contribution is 5.87. The number of ether oxygens (including phenoxy) is 1. The van der Waals surface area contributed by atoms with Gasteiger partial charge in [0.15, 0.2) is 0 Å². The number of hydrogen-bond donors (Lipinski definition) is 0. The molecule has 2 aliphatic rings. The normalized spacial score (nSPS) is 30.0. The summed E-state index contributed by atoms with van der Waals surface area (Å²) in [5.41, 5.74) is 1.10. The molecule has 1 unspecified atom stereocenters. The molecule has 0 aromatic carbocycles. The molecule has 2 rings (SSSR count). The van der Waals surface area contributed by atoms with Crippen LogP contribution in [0.1, 0.15) is 98.8 Å². The third kappa shape index (κ3) is 4.49. The molecule has 2 bridgehead atoms. The molecule has 0 amide bonds. The highest BCUT2D eigenvalue weighted by atomic mass is 16.5. The van der Waals surface area contributed by atoms with E-state index in [-0.39, 0.29) is 22.9 Å². The predicted molar refractivity (Wildman–Crippen MR) is 105 cm³/mol. The Balaban J connectivity index is 1.66. The summed E-state index contributed by atoms with van der Waals surface area (Å²) < 4.78 is 5.93. The fourth-order valence-corrected chi connectivity index (χ4v) is 5.04. The van der Waals surface area contributed by atoms with E-state index in [1.165, 1.54) is 44.9 Å². The van der Waals surface area contributed by atoms with E-state index in [4.69, 9.17) is 4.74 Å². The highest BCUT2D eigenvalue weighted by Gasteiger charge is 2.62. The first-order valence-electron chi connectivity index (χ1n) is 10.6. The molecule has 2 heteroatoms. The van der Waals surface area contributed by atoms with Crippen molar-refractivity contribution in [3.05, 3.63) is 12.2 Å². The van der Waals surface area contributed by atoms with E-state index in [0.29, 0.717) is 11.5 Å². The van der Waals surface area contributed by atoms with E-state index in [1.807, 2.05) is 0 Å². The van der Waals surface area contributed by atoms with Crippen LogP contribution in [0, 0.1) is 22.7 Å². The number of carbonyl (C=O) groups excluding carboxylic acids is 1. The molecule has 3 atom stereocenters. The van der Waals surface area contributed by atoms with E-state index >= 15 is 0 Å². The molecule has 0 aromatic heterocycles. The fourth-order valence-electron chi connectivity index (χ4n) is 5.04. The van der Waals surface area contributed by atoms with Crippen LogP contribution in [-0.4, -0.2) is 12.1 Å². The summed E-state index contributed by atoms with van der Waals surface area (Å²) in [4.78, 5) is 12.4. The van der Waals surface area contributed by atoms with Crippen LogP contribution < -0.4 is 0 Å². The van der Waals surface area contributed by atoms with Crippen LogP contribution in [0.15, 0.2) is 12.2 Å². The monoisotopic (exact) mass is 348 g/mol. The average molecular weight is 349 g/mol. The second-order valence-electron chi connectivity index (χ2n) is 9.81. The second-order valence-corrected chi connectivity index (χ2v) is 9.81. The standard InChI is InChI=1S/C23H40O2/c1-17(2)12-10-8-7-9-11-13-18(3)21(24)25-20-16-19-14-15-23(20,6)22(19,4)5/h17,19-20H,3,7-16H2,1-2,4-6H3/t19-,20?,23-/m1/s1. The van der Waals surface area contributed by atoms with E-state index in [1.54, 1.807) is 0 Å². The molecule has 0 spiro atoms. The lowest BCUT2D eigenvalue weighted by Gasteiger charge is -2.38. The lowest BCUT2D eigenvalue weighted by atomic mass is 9.70. The third-order valence-corrected chi connectivity index (χ3v) is 7.51. The van der Waals surface area contributed by atoms with Crippen LogP contribution in [0.2, 0.25) is 0 Å². The summed E-state index contributed by atoms with van der Waals surface area (Å²) in [7, 11) is 0. The van der Waals surface area contributed by atoms with Crippen molar-refractivity contribution in [2.75, 3.05) is 0 Å². The molecule has 0 heterocycles. The summed E-state index contributed by atoms with van der Waals surface area (Å²) in [5.74, 6) is 1.37. The lowest BCUT2D eigenvalue weighted by molar-refractivity contribution is -0.152. The molecule has 2 saturated carbocycles. The van der Waals surface area contributed by atoms with Gasteiger partial charge in [0.1, 0.15) is 6.10 Å². The molecule has 0 aliphatic heterocycles. The minimum absolute atomic E-state index is 0.0848. The second kappa shape index (κ2) is 8.27. The molecule has 0 aromatic rings. The van der Waals surface area contributed by atoms with Crippen molar-refractivity contribution in [3.63, 3.8) is 0 Å². The maximum absolute atomic E-state index is 12.4. The van der Waals surface area contributed by atoms with Gasteiger partial charge in [-0.05, 0) is 49.4 Å². The average Bonchev–Trinajstić information content (AvgIpc) is 2.86. The first-order chi connectivity index (χ1) is 11.7. The first-order valence-corrected chi connectivity index (χ1v) is 10.6. The zero-order valence-corrected chi connectivity index (χ0v) is 17.3. The van der Waals surface area contributed by atoms with Gasteiger partial charge in [0.25, 0.3) is 0 Å². The van der Waals surface area contributed by atoms with Gasteiger partial charge < -0.3 is 4.74 Å². The van der Waals surface area contributed by atoms with Crippen molar-refractivity contribution in [3.8, 4) is 0 Å². The fraction of sp³-hybridized carbons (Fsp3) is 0.870. The van der Waals surface area contributed by atoms with Crippen LogP contribution in [0.25, 0.3) is 0 Å². The largest absolute Gasteiger partial charge is 0.458 e. The van der Waals surface area contributed by atoms with Gasteiger partial charge in [-0.25, -0.2) is 4.79 Å². The van der Waals surface area contributed by atoms with Gasteiger partial charge in [-0.1, -0.05) is 73.3 Å². The van der Waals surface area contributed by atoms with Crippen LogP contribution >= 0.6 is 0 Å². The van der Waals surface area contributed by atoms with Gasteiger partial charge >= 0.3 is 5.97 Å². The summed E-state index contributed by atoms with van der Waals surface area (Å²) >= 11 is 0. The van der Waals surface area contributed by atoms with Crippen LogP contribution in [0.4, 0.5) is 0 Å². The summed E-state index contributed by atoms with van der Waals surface area (Å²) in [6.07, 6.45) is 11.9. The molecule has 2 fully saturated rings. The Labute approximate surface area is 155 Å². The minimum atomic E-state index is -0.144. The molecule has 144 valence electrons. The summed E-state index contributed by atoms with van der Waals surface area (Å²) in [6, 6.07) is 0. The SMILES string of the molecule is C=C(CCCCCCCC(C)C)C(=O)OC1C[C@H]2CC[C@@]1(C)C2(C)C. The zero-order valence-electron chi connectivity index (χ0n) is 17.3. The van der Waals surface area contributed by atoms with Crippen molar-refractivity contribution in [1.82, 2.24) is 0 Å². The van der Waals surface area contributed by atoms with Crippen molar-refractivity contribution < 1.29 is 9.53 Å². The van der Waals surface area contributed by atoms with Crippen molar-refractivity contribution >= 4 is 5.97 Å². The van der Waals surface area contributed by atoms with Crippen molar-refractivity contribution in [2.24, 2.45) is 22.7 Å². The molecule has 2 nitrogen and oxygen atoms in total. The number of esters is 1.